The Kier molecular flexibility index (Phi) is 4.80. The van der Waals surface area contributed by atoms with Gasteiger partial charge in [-0.05, 0) is 31.7 Å². The number of hydrogen-bond acceptors (Lipinski definition) is 4. The molecule has 6 heteroatoms. The predicted molar refractivity (Wildman–Crippen MR) is 85.6 cm³/mol. The van der Waals surface area contributed by atoms with Crippen molar-refractivity contribution in [1.29, 1.82) is 0 Å². The van der Waals surface area contributed by atoms with Crippen molar-refractivity contribution in [2.24, 2.45) is 5.41 Å². The molecule has 1 amide bonds. The Hall–Kier alpha value is -1.69. The van der Waals surface area contributed by atoms with E-state index >= 15 is 0 Å². The largest absolute Gasteiger partial charge is 0.396 e. The zero-order valence-electron chi connectivity index (χ0n) is 13.4. The molecule has 1 spiro atoms. The Morgan fingerprint density at radius 2 is 2.22 bits per heavy atom. The van der Waals surface area contributed by atoms with Gasteiger partial charge in [0.25, 0.3) is 0 Å². The van der Waals surface area contributed by atoms with Crippen LogP contribution >= 0.6 is 0 Å². The Morgan fingerprint density at radius 3 is 3.00 bits per heavy atom. The summed E-state index contributed by atoms with van der Waals surface area (Å²) < 4.78 is 14.0. The second-order valence-electron chi connectivity index (χ2n) is 6.74. The first kappa shape index (κ1) is 16.2. The molecular weight excluding hydrogens is 297 g/mol. The van der Waals surface area contributed by atoms with Gasteiger partial charge < -0.3 is 14.9 Å². The van der Waals surface area contributed by atoms with Gasteiger partial charge in [0.05, 0.1) is 11.9 Å². The highest BCUT2D eigenvalue weighted by molar-refractivity contribution is 5.77. The molecule has 1 N–H and O–H groups in total. The smallest absolute Gasteiger partial charge is 0.222 e. The summed E-state index contributed by atoms with van der Waals surface area (Å²) in [5, 5.41) is 9.01. The van der Waals surface area contributed by atoms with Crippen molar-refractivity contribution < 1.29 is 14.3 Å². The summed E-state index contributed by atoms with van der Waals surface area (Å²) in [6.45, 7) is 3.05. The standard InChI is InChI=1S/C17H24FN3O2/c18-14-11-19-7-4-15(14)20-8-1-5-17(12-20)6-3-16(23)21(13-17)9-2-10-22/h4,7,11,22H,1-3,5-6,8-10,12-13H2. The summed E-state index contributed by atoms with van der Waals surface area (Å²) in [5.41, 5.74) is 0.648. The van der Waals surface area contributed by atoms with Gasteiger partial charge in [-0.1, -0.05) is 0 Å². The quantitative estimate of drug-likeness (QED) is 0.919. The number of carbonyl (C=O) groups excluding carboxylic acids is 1. The molecule has 3 heterocycles. The number of halogens is 1. The van der Waals surface area contributed by atoms with Crippen LogP contribution in [-0.2, 0) is 4.79 Å². The van der Waals surface area contributed by atoms with Gasteiger partial charge in [-0.3, -0.25) is 9.78 Å². The van der Waals surface area contributed by atoms with Crippen LogP contribution in [0.2, 0.25) is 0 Å². The van der Waals surface area contributed by atoms with Gasteiger partial charge in [-0.25, -0.2) is 4.39 Å². The lowest BCUT2D eigenvalue weighted by Crippen LogP contribution is -2.54. The zero-order chi connectivity index (χ0) is 16.3. The van der Waals surface area contributed by atoms with Gasteiger partial charge in [0.1, 0.15) is 0 Å². The highest BCUT2D eigenvalue weighted by Crippen LogP contribution is 2.40. The molecule has 2 aliphatic heterocycles. The maximum Gasteiger partial charge on any atom is 0.222 e. The highest BCUT2D eigenvalue weighted by Gasteiger charge is 2.41. The minimum absolute atomic E-state index is 0.0390. The lowest BCUT2D eigenvalue weighted by atomic mass is 9.73. The van der Waals surface area contributed by atoms with Gasteiger partial charge in [-0.2, -0.15) is 0 Å². The zero-order valence-corrected chi connectivity index (χ0v) is 13.4. The number of amides is 1. The van der Waals surface area contributed by atoms with Crippen LogP contribution in [-0.4, -0.2) is 53.7 Å². The van der Waals surface area contributed by atoms with Gasteiger partial charge in [-0.15, -0.1) is 0 Å². The molecule has 0 aromatic carbocycles. The molecule has 1 aromatic heterocycles. The molecule has 2 fully saturated rings. The van der Waals surface area contributed by atoms with E-state index in [1.807, 2.05) is 4.90 Å². The lowest BCUT2D eigenvalue weighted by molar-refractivity contribution is -0.138. The topological polar surface area (TPSA) is 56.7 Å². The van der Waals surface area contributed by atoms with Crippen molar-refractivity contribution >= 4 is 11.6 Å². The normalized spacial score (nSPS) is 25.2. The number of likely N-dealkylation sites (tertiary alicyclic amines) is 1. The van der Waals surface area contributed by atoms with Crippen LogP contribution in [0.4, 0.5) is 10.1 Å². The monoisotopic (exact) mass is 321 g/mol. The SMILES string of the molecule is O=C1CCC2(CCCN(c3ccncc3F)C2)CN1CCCO. The fraction of sp³-hybridized carbons (Fsp3) is 0.647. The van der Waals surface area contributed by atoms with Gasteiger partial charge in [0, 0.05) is 50.8 Å². The van der Waals surface area contributed by atoms with Crippen LogP contribution in [0, 0.1) is 11.2 Å². The molecule has 2 aliphatic rings. The summed E-state index contributed by atoms with van der Waals surface area (Å²) in [6, 6.07) is 1.73. The molecule has 0 saturated carbocycles. The molecule has 0 bridgehead atoms. The maximum atomic E-state index is 14.0. The third kappa shape index (κ3) is 3.47. The molecule has 5 nitrogen and oxygen atoms in total. The first-order valence-corrected chi connectivity index (χ1v) is 8.37. The van der Waals surface area contributed by atoms with Crippen LogP contribution in [0.15, 0.2) is 18.5 Å². The minimum atomic E-state index is -0.284. The second-order valence-corrected chi connectivity index (χ2v) is 6.74. The van der Waals surface area contributed by atoms with Crippen LogP contribution in [0.1, 0.15) is 32.1 Å². The summed E-state index contributed by atoms with van der Waals surface area (Å²) >= 11 is 0. The average molecular weight is 321 g/mol. The molecule has 0 aliphatic carbocycles. The number of rotatable bonds is 4. The number of aliphatic hydroxyl groups excluding tert-OH is 1. The van der Waals surface area contributed by atoms with E-state index in [2.05, 4.69) is 9.88 Å². The molecule has 1 unspecified atom stereocenters. The Bertz CT molecular complexity index is 569. The van der Waals surface area contributed by atoms with Crippen molar-refractivity contribution in [3.63, 3.8) is 0 Å². The van der Waals surface area contributed by atoms with Crippen LogP contribution in [0.3, 0.4) is 0 Å². The van der Waals surface area contributed by atoms with Crippen molar-refractivity contribution in [2.45, 2.75) is 32.1 Å². The van der Waals surface area contributed by atoms with E-state index in [0.717, 1.165) is 38.9 Å². The number of carbonyl (C=O) groups is 1. The number of aliphatic hydroxyl groups is 1. The number of pyridine rings is 1. The average Bonchev–Trinajstić information content (AvgIpc) is 2.56. The van der Waals surface area contributed by atoms with Crippen LogP contribution < -0.4 is 4.90 Å². The molecule has 0 radical (unpaired) electrons. The highest BCUT2D eigenvalue weighted by atomic mass is 19.1. The number of hydrogen-bond donors (Lipinski definition) is 1. The lowest BCUT2D eigenvalue weighted by Gasteiger charge is -2.49. The number of anilines is 1. The van der Waals surface area contributed by atoms with E-state index in [1.165, 1.54) is 6.20 Å². The Balaban J connectivity index is 1.74. The number of nitrogens with zero attached hydrogens (tertiary/aromatic N) is 3. The van der Waals surface area contributed by atoms with Gasteiger partial charge in [0.2, 0.25) is 5.91 Å². The predicted octanol–water partition coefficient (Wildman–Crippen LogP) is 1.81. The fourth-order valence-electron chi connectivity index (χ4n) is 3.94. The van der Waals surface area contributed by atoms with E-state index in [4.69, 9.17) is 5.11 Å². The Morgan fingerprint density at radius 1 is 1.35 bits per heavy atom. The third-order valence-electron chi connectivity index (χ3n) is 5.09. The van der Waals surface area contributed by atoms with E-state index in [9.17, 15) is 9.18 Å². The second kappa shape index (κ2) is 6.83. The van der Waals surface area contributed by atoms with E-state index in [1.54, 1.807) is 12.3 Å². The first-order valence-electron chi connectivity index (χ1n) is 8.37. The first-order chi connectivity index (χ1) is 11.1. The van der Waals surface area contributed by atoms with Crippen molar-refractivity contribution in [2.75, 3.05) is 37.7 Å². The molecule has 2 saturated heterocycles. The molecule has 1 aromatic rings. The van der Waals surface area contributed by atoms with Gasteiger partial charge in [0.15, 0.2) is 5.82 Å². The fourth-order valence-corrected chi connectivity index (χ4v) is 3.94. The molecule has 126 valence electrons. The number of aromatic nitrogens is 1. The summed E-state index contributed by atoms with van der Waals surface area (Å²) in [6.07, 6.45) is 6.99. The summed E-state index contributed by atoms with van der Waals surface area (Å²) in [5.74, 6) is -0.107. The minimum Gasteiger partial charge on any atom is -0.396 e. The van der Waals surface area contributed by atoms with Crippen molar-refractivity contribution in [3.8, 4) is 0 Å². The third-order valence-corrected chi connectivity index (χ3v) is 5.09. The van der Waals surface area contributed by atoms with Crippen molar-refractivity contribution in [3.05, 3.63) is 24.3 Å². The van der Waals surface area contributed by atoms with E-state index in [-0.39, 0.29) is 23.7 Å². The maximum absolute atomic E-state index is 14.0. The van der Waals surface area contributed by atoms with Crippen molar-refractivity contribution in [1.82, 2.24) is 9.88 Å². The van der Waals surface area contributed by atoms with Gasteiger partial charge >= 0.3 is 0 Å². The summed E-state index contributed by atoms with van der Waals surface area (Å²) in [4.78, 5) is 19.9. The van der Waals surface area contributed by atoms with E-state index < -0.39 is 0 Å². The number of piperidine rings is 2. The molecule has 3 rings (SSSR count). The van der Waals surface area contributed by atoms with E-state index in [0.29, 0.717) is 25.1 Å². The Labute approximate surface area is 136 Å². The van der Waals surface area contributed by atoms with Crippen LogP contribution in [0.25, 0.3) is 0 Å². The molecule has 1 atom stereocenters. The molecule has 23 heavy (non-hydrogen) atoms. The summed E-state index contributed by atoms with van der Waals surface area (Å²) in [7, 11) is 0. The molecular formula is C17H24FN3O2. The van der Waals surface area contributed by atoms with Crippen LogP contribution in [0.5, 0.6) is 0 Å².